The molecular formula is C23H32O3. The molecule has 3 saturated carbocycles. The van der Waals surface area contributed by atoms with Gasteiger partial charge in [-0.05, 0) is 87.0 Å². The van der Waals surface area contributed by atoms with Gasteiger partial charge in [-0.15, -0.1) is 0 Å². The standard InChI is InChI=1S/C23H32O3/c1-21-11-7-16(24)14-15(21)5-6-17-18(21)8-12-22(2)19(17)9-13-23(22)10-3-4-20(25)26-23/h14,17-19H,3-13H2,1-2H3/t17-,18+,19+,21+,22+,23+/m1/s1. The van der Waals surface area contributed by atoms with E-state index in [1.807, 2.05) is 6.08 Å². The van der Waals surface area contributed by atoms with Gasteiger partial charge in [0.05, 0.1) is 0 Å². The second-order valence-corrected chi connectivity index (χ2v) is 10.3. The molecule has 3 nitrogen and oxygen atoms in total. The lowest BCUT2D eigenvalue weighted by Crippen LogP contribution is -2.56. The van der Waals surface area contributed by atoms with Crippen molar-refractivity contribution in [2.75, 3.05) is 0 Å². The van der Waals surface area contributed by atoms with E-state index >= 15 is 0 Å². The smallest absolute Gasteiger partial charge is 0.306 e. The highest BCUT2D eigenvalue weighted by atomic mass is 16.6. The summed E-state index contributed by atoms with van der Waals surface area (Å²) in [6.07, 6.45) is 13.5. The Bertz CT molecular complexity index is 694. The van der Waals surface area contributed by atoms with E-state index in [9.17, 15) is 9.59 Å². The molecule has 0 radical (unpaired) electrons. The molecule has 0 N–H and O–H groups in total. The number of rotatable bonds is 0. The zero-order valence-corrected chi connectivity index (χ0v) is 16.3. The first-order valence-electron chi connectivity index (χ1n) is 10.8. The minimum Gasteiger partial charge on any atom is -0.458 e. The Balaban J connectivity index is 1.48. The van der Waals surface area contributed by atoms with Crippen LogP contribution in [-0.2, 0) is 14.3 Å². The van der Waals surface area contributed by atoms with Crippen LogP contribution in [-0.4, -0.2) is 17.4 Å². The maximum Gasteiger partial charge on any atom is 0.306 e. The average molecular weight is 357 g/mol. The number of fused-ring (bicyclic) bond motifs is 6. The number of hydrogen-bond donors (Lipinski definition) is 0. The van der Waals surface area contributed by atoms with Crippen molar-refractivity contribution in [3.63, 3.8) is 0 Å². The number of carbonyl (C=O) groups is 2. The molecule has 26 heavy (non-hydrogen) atoms. The number of esters is 1. The molecule has 6 atom stereocenters. The minimum absolute atomic E-state index is 0.0341. The summed E-state index contributed by atoms with van der Waals surface area (Å²) in [5.74, 6) is 2.51. The van der Waals surface area contributed by atoms with E-state index in [1.165, 1.54) is 31.3 Å². The van der Waals surface area contributed by atoms with Crippen LogP contribution in [0.25, 0.3) is 0 Å². The molecule has 0 aromatic rings. The first kappa shape index (κ1) is 17.0. The summed E-state index contributed by atoms with van der Waals surface area (Å²) in [4.78, 5) is 24.1. The lowest BCUT2D eigenvalue weighted by molar-refractivity contribution is -0.194. The van der Waals surface area contributed by atoms with Crippen LogP contribution in [0.1, 0.15) is 84.5 Å². The topological polar surface area (TPSA) is 43.4 Å². The van der Waals surface area contributed by atoms with Gasteiger partial charge in [0.1, 0.15) is 5.60 Å². The Kier molecular flexibility index (Phi) is 3.57. The SMILES string of the molecule is C[C@]12CCC(=O)C=C1CC[C@@H]1[C@@H]2CC[C@@]2(C)[C@H]1CC[C@@]21CCCC(=O)O1. The molecule has 0 aromatic carbocycles. The van der Waals surface area contributed by atoms with Crippen LogP contribution in [0.4, 0.5) is 0 Å². The number of hydrogen-bond acceptors (Lipinski definition) is 3. The van der Waals surface area contributed by atoms with Crippen LogP contribution < -0.4 is 0 Å². The van der Waals surface area contributed by atoms with E-state index in [1.54, 1.807) is 0 Å². The molecule has 1 spiro atoms. The highest BCUT2D eigenvalue weighted by Crippen LogP contribution is 2.69. The molecule has 1 saturated heterocycles. The van der Waals surface area contributed by atoms with Crippen LogP contribution in [0.15, 0.2) is 11.6 Å². The summed E-state index contributed by atoms with van der Waals surface area (Å²) >= 11 is 0. The van der Waals surface area contributed by atoms with Crippen LogP contribution >= 0.6 is 0 Å². The second kappa shape index (κ2) is 5.45. The van der Waals surface area contributed by atoms with Crippen molar-refractivity contribution in [1.29, 1.82) is 0 Å². The summed E-state index contributed by atoms with van der Waals surface area (Å²) in [6, 6.07) is 0. The predicted octanol–water partition coefficient (Wildman–Crippen LogP) is 4.98. The van der Waals surface area contributed by atoms with Gasteiger partial charge in [-0.25, -0.2) is 0 Å². The van der Waals surface area contributed by atoms with Gasteiger partial charge in [0.15, 0.2) is 5.78 Å². The number of allylic oxidation sites excluding steroid dienone is 1. The fourth-order valence-electron chi connectivity index (χ4n) is 8.07. The summed E-state index contributed by atoms with van der Waals surface area (Å²) in [5, 5.41) is 0. The van der Waals surface area contributed by atoms with Crippen LogP contribution in [0.2, 0.25) is 0 Å². The number of ketones is 1. The molecule has 0 amide bonds. The molecule has 4 fully saturated rings. The van der Waals surface area contributed by atoms with E-state index in [4.69, 9.17) is 4.74 Å². The monoisotopic (exact) mass is 356 g/mol. The number of ether oxygens (including phenoxy) is 1. The molecule has 0 aromatic heterocycles. The normalized spacial score (nSPS) is 50.5. The van der Waals surface area contributed by atoms with Gasteiger partial charge < -0.3 is 4.74 Å². The summed E-state index contributed by atoms with van der Waals surface area (Å²) < 4.78 is 6.14. The highest BCUT2D eigenvalue weighted by Gasteiger charge is 2.66. The van der Waals surface area contributed by atoms with Gasteiger partial charge >= 0.3 is 5.97 Å². The van der Waals surface area contributed by atoms with Crippen molar-refractivity contribution in [1.82, 2.24) is 0 Å². The Morgan fingerprint density at radius 3 is 2.54 bits per heavy atom. The number of carbonyl (C=O) groups excluding carboxylic acids is 2. The zero-order chi connectivity index (χ0) is 18.2. The van der Waals surface area contributed by atoms with E-state index in [2.05, 4.69) is 13.8 Å². The molecule has 4 aliphatic carbocycles. The fraction of sp³-hybridized carbons (Fsp3) is 0.826. The molecule has 0 unspecified atom stereocenters. The summed E-state index contributed by atoms with van der Waals surface area (Å²) in [7, 11) is 0. The van der Waals surface area contributed by atoms with Crippen molar-refractivity contribution in [3.8, 4) is 0 Å². The van der Waals surface area contributed by atoms with Gasteiger partial charge in [0, 0.05) is 18.3 Å². The highest BCUT2D eigenvalue weighted by molar-refractivity contribution is 5.91. The first-order valence-corrected chi connectivity index (χ1v) is 10.8. The molecule has 1 aliphatic heterocycles. The van der Waals surface area contributed by atoms with Crippen molar-refractivity contribution >= 4 is 11.8 Å². The molecular weight excluding hydrogens is 324 g/mol. The van der Waals surface area contributed by atoms with E-state index < -0.39 is 0 Å². The summed E-state index contributed by atoms with van der Waals surface area (Å²) in [5.41, 5.74) is 1.65. The van der Waals surface area contributed by atoms with Crippen molar-refractivity contribution < 1.29 is 14.3 Å². The Hall–Kier alpha value is -1.12. The third-order valence-electron chi connectivity index (χ3n) is 9.52. The van der Waals surface area contributed by atoms with Gasteiger partial charge in [-0.2, -0.15) is 0 Å². The quantitative estimate of drug-likeness (QED) is 0.575. The van der Waals surface area contributed by atoms with Crippen LogP contribution in [0.5, 0.6) is 0 Å². The minimum atomic E-state index is -0.183. The van der Waals surface area contributed by atoms with E-state index in [0.717, 1.165) is 44.4 Å². The maximum atomic E-state index is 12.1. The third-order valence-corrected chi connectivity index (χ3v) is 9.52. The van der Waals surface area contributed by atoms with Crippen LogP contribution in [0.3, 0.4) is 0 Å². The Morgan fingerprint density at radius 1 is 0.923 bits per heavy atom. The van der Waals surface area contributed by atoms with Crippen molar-refractivity contribution in [2.45, 2.75) is 90.1 Å². The third kappa shape index (κ3) is 2.06. The molecule has 3 heteroatoms. The molecule has 5 aliphatic rings. The average Bonchev–Trinajstić information content (AvgIpc) is 2.88. The predicted molar refractivity (Wildman–Crippen MR) is 99.4 cm³/mol. The largest absolute Gasteiger partial charge is 0.458 e. The van der Waals surface area contributed by atoms with Gasteiger partial charge in [-0.3, -0.25) is 9.59 Å². The van der Waals surface area contributed by atoms with Gasteiger partial charge in [0.2, 0.25) is 0 Å². The van der Waals surface area contributed by atoms with Crippen molar-refractivity contribution in [2.24, 2.45) is 28.6 Å². The molecule has 142 valence electrons. The Labute approximate surface area is 156 Å². The molecule has 5 rings (SSSR count). The lowest BCUT2D eigenvalue weighted by atomic mass is 9.46. The lowest BCUT2D eigenvalue weighted by Gasteiger charge is -2.60. The zero-order valence-electron chi connectivity index (χ0n) is 16.3. The Morgan fingerprint density at radius 2 is 1.73 bits per heavy atom. The fourth-order valence-corrected chi connectivity index (χ4v) is 8.07. The van der Waals surface area contributed by atoms with E-state index in [-0.39, 0.29) is 22.4 Å². The first-order chi connectivity index (χ1) is 12.4. The van der Waals surface area contributed by atoms with E-state index in [0.29, 0.717) is 24.0 Å². The van der Waals surface area contributed by atoms with Gasteiger partial charge in [0.25, 0.3) is 0 Å². The van der Waals surface area contributed by atoms with Gasteiger partial charge in [-0.1, -0.05) is 19.4 Å². The molecule has 0 bridgehead atoms. The van der Waals surface area contributed by atoms with Crippen LogP contribution in [0, 0.1) is 28.6 Å². The maximum absolute atomic E-state index is 12.1. The summed E-state index contributed by atoms with van der Waals surface area (Å²) in [6.45, 7) is 4.88. The molecule has 1 heterocycles. The second-order valence-electron chi connectivity index (χ2n) is 10.3. The van der Waals surface area contributed by atoms with Crippen molar-refractivity contribution in [3.05, 3.63) is 11.6 Å².